The predicted octanol–water partition coefficient (Wildman–Crippen LogP) is 1.84. The van der Waals surface area contributed by atoms with Gasteiger partial charge in [0.2, 0.25) is 5.91 Å². The van der Waals surface area contributed by atoms with Crippen molar-refractivity contribution in [3.05, 3.63) is 30.1 Å². The van der Waals surface area contributed by atoms with Crippen molar-refractivity contribution in [1.29, 1.82) is 0 Å². The number of benzene rings is 1. The molecule has 1 aromatic rings. The van der Waals surface area contributed by atoms with Gasteiger partial charge in [-0.2, -0.15) is 0 Å². The number of halogens is 1. The number of hydrogen-bond acceptors (Lipinski definition) is 3. The standard InChI is InChI=1S/C16H22FN3O/c17-13-4-1-5-14(9-13)19-16(21)6-8-20-7-2-3-12-10-18-11-15(12)20/h1,4-5,9,12,15,18H,2-3,6-8,10-11H2,(H,19,21). The van der Waals surface area contributed by atoms with Crippen LogP contribution in [0.4, 0.5) is 10.1 Å². The van der Waals surface area contributed by atoms with Gasteiger partial charge >= 0.3 is 0 Å². The molecule has 2 N–H and O–H groups in total. The lowest BCUT2D eigenvalue weighted by Crippen LogP contribution is -2.46. The number of carbonyl (C=O) groups excluding carboxylic acids is 1. The summed E-state index contributed by atoms with van der Waals surface area (Å²) in [6.45, 7) is 4.01. The second-order valence-corrected chi connectivity index (χ2v) is 5.97. The lowest BCUT2D eigenvalue weighted by atomic mass is 9.92. The molecular weight excluding hydrogens is 269 g/mol. The number of nitrogens with one attached hydrogen (secondary N) is 2. The molecule has 2 aliphatic heterocycles. The highest BCUT2D eigenvalue weighted by Gasteiger charge is 2.34. The maximum absolute atomic E-state index is 13.1. The highest BCUT2D eigenvalue weighted by Crippen LogP contribution is 2.26. The summed E-state index contributed by atoms with van der Waals surface area (Å²) in [4.78, 5) is 14.4. The lowest BCUT2D eigenvalue weighted by Gasteiger charge is -2.36. The monoisotopic (exact) mass is 291 g/mol. The van der Waals surface area contributed by atoms with Crippen LogP contribution in [0, 0.1) is 11.7 Å². The number of nitrogens with zero attached hydrogens (tertiary/aromatic N) is 1. The van der Waals surface area contributed by atoms with E-state index in [4.69, 9.17) is 0 Å². The predicted molar refractivity (Wildman–Crippen MR) is 80.6 cm³/mol. The highest BCUT2D eigenvalue weighted by molar-refractivity contribution is 5.90. The first kappa shape index (κ1) is 14.5. The molecule has 0 aliphatic carbocycles. The molecule has 3 rings (SSSR count). The molecule has 1 amide bonds. The van der Waals surface area contributed by atoms with E-state index >= 15 is 0 Å². The van der Waals surface area contributed by atoms with E-state index in [1.165, 1.54) is 25.0 Å². The zero-order valence-electron chi connectivity index (χ0n) is 12.1. The van der Waals surface area contributed by atoms with Gasteiger partial charge in [0.25, 0.3) is 0 Å². The summed E-state index contributed by atoms with van der Waals surface area (Å²) >= 11 is 0. The number of hydrogen-bond donors (Lipinski definition) is 2. The Morgan fingerprint density at radius 3 is 3.19 bits per heavy atom. The minimum absolute atomic E-state index is 0.0475. The van der Waals surface area contributed by atoms with Gasteiger partial charge in [0.15, 0.2) is 0 Å². The first-order valence-electron chi connectivity index (χ1n) is 7.72. The normalized spacial score (nSPS) is 25.6. The maximum Gasteiger partial charge on any atom is 0.225 e. The Morgan fingerprint density at radius 2 is 2.33 bits per heavy atom. The molecule has 0 aromatic heterocycles. The quantitative estimate of drug-likeness (QED) is 0.889. The van der Waals surface area contributed by atoms with Crippen LogP contribution in [0.2, 0.25) is 0 Å². The van der Waals surface area contributed by atoms with E-state index in [2.05, 4.69) is 15.5 Å². The maximum atomic E-state index is 13.1. The molecule has 2 unspecified atom stereocenters. The first-order chi connectivity index (χ1) is 10.2. The van der Waals surface area contributed by atoms with Crippen LogP contribution >= 0.6 is 0 Å². The van der Waals surface area contributed by atoms with Gasteiger partial charge < -0.3 is 10.6 Å². The van der Waals surface area contributed by atoms with Gasteiger partial charge in [0.1, 0.15) is 5.82 Å². The summed E-state index contributed by atoms with van der Waals surface area (Å²) in [5.41, 5.74) is 0.527. The van der Waals surface area contributed by atoms with Crippen molar-refractivity contribution < 1.29 is 9.18 Å². The van der Waals surface area contributed by atoms with Crippen LogP contribution in [-0.4, -0.2) is 43.0 Å². The molecule has 2 atom stereocenters. The molecule has 21 heavy (non-hydrogen) atoms. The number of fused-ring (bicyclic) bond motifs is 1. The molecule has 2 saturated heterocycles. The van der Waals surface area contributed by atoms with Crippen molar-refractivity contribution in [2.45, 2.75) is 25.3 Å². The Morgan fingerprint density at radius 1 is 1.43 bits per heavy atom. The number of rotatable bonds is 4. The van der Waals surface area contributed by atoms with E-state index in [1.54, 1.807) is 12.1 Å². The molecular formula is C16H22FN3O. The summed E-state index contributed by atoms with van der Waals surface area (Å²) in [7, 11) is 0. The Hall–Kier alpha value is -1.46. The molecule has 2 aliphatic rings. The third kappa shape index (κ3) is 3.60. The van der Waals surface area contributed by atoms with Gasteiger partial charge in [-0.25, -0.2) is 4.39 Å². The fraction of sp³-hybridized carbons (Fsp3) is 0.562. The van der Waals surface area contributed by atoms with Crippen LogP contribution in [0.25, 0.3) is 0 Å². The summed E-state index contributed by atoms with van der Waals surface area (Å²) in [5.74, 6) is 0.363. The van der Waals surface area contributed by atoms with E-state index in [1.807, 2.05) is 0 Å². The van der Waals surface area contributed by atoms with Crippen LogP contribution in [0.3, 0.4) is 0 Å². The minimum atomic E-state index is -0.330. The molecule has 0 saturated carbocycles. The summed E-state index contributed by atoms with van der Waals surface area (Å²) < 4.78 is 13.1. The van der Waals surface area contributed by atoms with Crippen LogP contribution in [0.1, 0.15) is 19.3 Å². The van der Waals surface area contributed by atoms with E-state index in [9.17, 15) is 9.18 Å². The van der Waals surface area contributed by atoms with Gasteiger partial charge in [-0.3, -0.25) is 9.69 Å². The Kier molecular flexibility index (Phi) is 4.51. The van der Waals surface area contributed by atoms with Crippen molar-refractivity contribution in [3.8, 4) is 0 Å². The molecule has 2 fully saturated rings. The zero-order valence-corrected chi connectivity index (χ0v) is 12.1. The Balaban J connectivity index is 1.49. The summed E-state index contributed by atoms with van der Waals surface area (Å²) in [6.07, 6.45) is 2.97. The van der Waals surface area contributed by atoms with Crippen molar-refractivity contribution >= 4 is 11.6 Å². The average Bonchev–Trinajstić information content (AvgIpc) is 2.94. The van der Waals surface area contributed by atoms with Crippen molar-refractivity contribution in [2.75, 3.05) is 31.5 Å². The fourth-order valence-electron chi connectivity index (χ4n) is 3.48. The zero-order chi connectivity index (χ0) is 14.7. The van der Waals surface area contributed by atoms with Gasteiger partial charge in [0, 0.05) is 31.2 Å². The van der Waals surface area contributed by atoms with Gasteiger partial charge in [-0.15, -0.1) is 0 Å². The summed E-state index contributed by atoms with van der Waals surface area (Å²) in [5, 5.41) is 6.20. The van der Waals surface area contributed by atoms with Gasteiger partial charge in [-0.05, 0) is 50.0 Å². The third-order valence-corrected chi connectivity index (χ3v) is 4.53. The van der Waals surface area contributed by atoms with Gasteiger partial charge in [0.05, 0.1) is 0 Å². The second kappa shape index (κ2) is 6.54. The molecule has 4 nitrogen and oxygen atoms in total. The smallest absolute Gasteiger partial charge is 0.225 e. The molecule has 0 bridgehead atoms. The van der Waals surface area contributed by atoms with E-state index in [-0.39, 0.29) is 11.7 Å². The second-order valence-electron chi connectivity index (χ2n) is 5.97. The first-order valence-corrected chi connectivity index (χ1v) is 7.72. The molecule has 2 heterocycles. The molecule has 0 spiro atoms. The highest BCUT2D eigenvalue weighted by atomic mass is 19.1. The molecule has 114 valence electrons. The molecule has 5 heteroatoms. The topological polar surface area (TPSA) is 44.4 Å². The fourth-order valence-corrected chi connectivity index (χ4v) is 3.48. The lowest BCUT2D eigenvalue weighted by molar-refractivity contribution is -0.116. The number of carbonyl (C=O) groups is 1. The average molecular weight is 291 g/mol. The van der Waals surface area contributed by atoms with E-state index < -0.39 is 0 Å². The number of likely N-dealkylation sites (tertiary alicyclic amines) is 1. The number of amides is 1. The SMILES string of the molecule is O=C(CCN1CCCC2CNCC21)Nc1cccc(F)c1. The molecule has 0 radical (unpaired) electrons. The Labute approximate surface area is 124 Å². The number of anilines is 1. The summed E-state index contributed by atoms with van der Waals surface area (Å²) in [6, 6.07) is 6.61. The minimum Gasteiger partial charge on any atom is -0.326 e. The van der Waals surface area contributed by atoms with Crippen molar-refractivity contribution in [2.24, 2.45) is 5.92 Å². The van der Waals surface area contributed by atoms with Crippen LogP contribution in [0.5, 0.6) is 0 Å². The number of piperidine rings is 1. The van der Waals surface area contributed by atoms with Gasteiger partial charge in [-0.1, -0.05) is 6.07 Å². The van der Waals surface area contributed by atoms with Crippen LogP contribution in [0.15, 0.2) is 24.3 Å². The van der Waals surface area contributed by atoms with Crippen LogP contribution < -0.4 is 10.6 Å². The van der Waals surface area contributed by atoms with Crippen molar-refractivity contribution in [1.82, 2.24) is 10.2 Å². The van der Waals surface area contributed by atoms with E-state index in [0.717, 1.165) is 32.1 Å². The molecule has 1 aromatic carbocycles. The Bertz CT molecular complexity index is 508. The third-order valence-electron chi connectivity index (χ3n) is 4.53. The van der Waals surface area contributed by atoms with E-state index in [0.29, 0.717) is 18.2 Å². The largest absolute Gasteiger partial charge is 0.326 e. The van der Waals surface area contributed by atoms with Crippen molar-refractivity contribution in [3.63, 3.8) is 0 Å². The van der Waals surface area contributed by atoms with Crippen LogP contribution in [-0.2, 0) is 4.79 Å².